The van der Waals surface area contributed by atoms with Crippen molar-refractivity contribution in [2.75, 3.05) is 0 Å². The van der Waals surface area contributed by atoms with Crippen LogP contribution in [0, 0.1) is 75.2 Å². The fraction of sp³-hybridized carbons (Fsp3) is 0.611. The summed E-state index contributed by atoms with van der Waals surface area (Å²) in [6, 6.07) is 3.57. The maximum Gasteiger partial charge on any atom is 0.180 e. The van der Waals surface area contributed by atoms with Crippen molar-refractivity contribution in [2.24, 2.45) is 11.8 Å². The van der Waals surface area contributed by atoms with E-state index in [0.717, 1.165) is 63.9 Å². The van der Waals surface area contributed by atoms with E-state index in [1.807, 2.05) is 0 Å². The van der Waals surface area contributed by atoms with E-state index in [2.05, 4.69) is 13.8 Å². The highest BCUT2D eigenvalue weighted by atomic mass is 19.2. The summed E-state index contributed by atoms with van der Waals surface area (Å²) in [6.07, 6.45) is 15.6. The molecule has 0 amide bonds. The Morgan fingerprint density at radius 1 is 0.556 bits per heavy atom. The van der Waals surface area contributed by atoms with Gasteiger partial charge in [0.1, 0.15) is 29.1 Å². The van der Waals surface area contributed by atoms with Crippen LogP contribution in [0.15, 0.2) is 6.07 Å². The highest BCUT2D eigenvalue weighted by Crippen LogP contribution is 2.42. The summed E-state index contributed by atoms with van der Waals surface area (Å²) < 4.78 is 97.1. The van der Waals surface area contributed by atoms with Crippen molar-refractivity contribution >= 4 is 0 Å². The van der Waals surface area contributed by atoms with Crippen LogP contribution < -0.4 is 0 Å². The van der Waals surface area contributed by atoms with Crippen LogP contribution in [0.2, 0.25) is 0 Å². The molecule has 2 aliphatic rings. The smallest absolute Gasteiger partial charge is 0.180 e. The Bertz CT molecular complexity index is 1330. The minimum Gasteiger partial charge on any atom is -0.205 e. The Morgan fingerprint density at radius 3 is 1.40 bits per heavy atom. The third-order valence-electron chi connectivity index (χ3n) is 9.68. The molecular formula is C36H43F7N2. The number of nitrogens with zero attached hydrogens (tertiary/aromatic N) is 2. The van der Waals surface area contributed by atoms with Gasteiger partial charge < -0.3 is 0 Å². The number of hydrogen-bond acceptors (Lipinski definition) is 2. The molecule has 246 valence electrons. The number of benzene rings is 2. The Morgan fingerprint density at radius 2 is 0.978 bits per heavy atom. The van der Waals surface area contributed by atoms with Crippen molar-refractivity contribution in [2.45, 2.75) is 128 Å². The molecule has 0 heterocycles. The molecule has 0 aliphatic heterocycles. The monoisotopic (exact) mass is 636 g/mol. The molecular weight excluding hydrogens is 593 g/mol. The van der Waals surface area contributed by atoms with Crippen molar-refractivity contribution in [1.82, 2.24) is 0 Å². The van der Waals surface area contributed by atoms with Crippen LogP contribution in [-0.2, 0) is 0 Å². The van der Waals surface area contributed by atoms with Gasteiger partial charge in [0.05, 0.1) is 0 Å². The van der Waals surface area contributed by atoms with Gasteiger partial charge in [0.15, 0.2) is 34.9 Å². The molecule has 0 bridgehead atoms. The van der Waals surface area contributed by atoms with Crippen molar-refractivity contribution < 1.29 is 30.7 Å². The molecule has 45 heavy (non-hydrogen) atoms. The van der Waals surface area contributed by atoms with Gasteiger partial charge in [-0.25, -0.2) is 30.7 Å². The molecule has 0 aromatic heterocycles. The molecule has 2 aliphatic carbocycles. The number of unbranched alkanes of at least 4 members (excludes halogenated alkanes) is 4. The molecule has 2 nitrogen and oxygen atoms in total. The Balaban J connectivity index is 0.000000246. The summed E-state index contributed by atoms with van der Waals surface area (Å²) in [5, 5.41) is 17.3. The largest absolute Gasteiger partial charge is 0.205 e. The Labute approximate surface area is 262 Å². The fourth-order valence-electron chi connectivity index (χ4n) is 6.99. The molecule has 0 spiro atoms. The van der Waals surface area contributed by atoms with E-state index >= 15 is 0 Å². The summed E-state index contributed by atoms with van der Waals surface area (Å²) in [6.45, 7) is 4.31. The third kappa shape index (κ3) is 9.02. The van der Waals surface area contributed by atoms with Gasteiger partial charge in [-0.2, -0.15) is 10.5 Å². The Kier molecular flexibility index (Phi) is 14.2. The van der Waals surface area contributed by atoms with Gasteiger partial charge >= 0.3 is 0 Å². The average Bonchev–Trinajstić information content (AvgIpc) is 3.04. The van der Waals surface area contributed by atoms with Crippen molar-refractivity contribution in [1.29, 1.82) is 10.5 Å². The van der Waals surface area contributed by atoms with Crippen molar-refractivity contribution in [3.8, 4) is 12.1 Å². The molecule has 2 saturated carbocycles. The van der Waals surface area contributed by atoms with Crippen LogP contribution >= 0.6 is 0 Å². The second-order valence-corrected chi connectivity index (χ2v) is 12.6. The summed E-state index contributed by atoms with van der Waals surface area (Å²) in [5.41, 5.74) is -2.43. The van der Waals surface area contributed by atoms with Crippen LogP contribution in [0.1, 0.15) is 151 Å². The number of rotatable bonds is 10. The van der Waals surface area contributed by atoms with Gasteiger partial charge in [0, 0.05) is 5.56 Å². The maximum absolute atomic E-state index is 14.1. The third-order valence-corrected chi connectivity index (χ3v) is 9.68. The van der Waals surface area contributed by atoms with Gasteiger partial charge in [-0.3, -0.25) is 0 Å². The summed E-state index contributed by atoms with van der Waals surface area (Å²) in [7, 11) is 0. The lowest BCUT2D eigenvalue weighted by Crippen LogP contribution is -2.18. The zero-order valence-electron chi connectivity index (χ0n) is 26.2. The zero-order valence-corrected chi connectivity index (χ0v) is 26.2. The van der Waals surface area contributed by atoms with Gasteiger partial charge in [0.25, 0.3) is 0 Å². The maximum atomic E-state index is 14.1. The predicted molar refractivity (Wildman–Crippen MR) is 160 cm³/mol. The van der Waals surface area contributed by atoms with Gasteiger partial charge in [-0.1, -0.05) is 65.2 Å². The van der Waals surface area contributed by atoms with Crippen LogP contribution in [-0.4, -0.2) is 0 Å². The average molecular weight is 637 g/mol. The standard InChI is InChI=1S/C18H21F4N.C18H22F3N/c1-2-3-4-5-11-6-8-12(9-7-11)14-17(21)15(19)13(10-23)16(20)18(14)22;1-2-3-4-5-12-6-8-13(9-7-12)14-10-16(19)15(11-22)18(21)17(14)20/h11-12H,2-9H2,1H3;10,12-13H,2-9H2,1H3/t11-,12-;12-,13-. The first-order chi connectivity index (χ1) is 21.6. The normalized spacial score (nSPS) is 21.4. The summed E-state index contributed by atoms with van der Waals surface area (Å²) in [4.78, 5) is 0. The molecule has 2 aromatic rings. The first-order valence-corrected chi connectivity index (χ1v) is 16.4. The van der Waals surface area contributed by atoms with Crippen LogP contribution in [0.25, 0.3) is 0 Å². The SMILES string of the molecule is CCCCC[C@H]1CC[C@H](c2c(F)c(F)c(C#N)c(F)c2F)CC1.CCCCC[C@H]1CC[C@H](c2cc(F)c(C#N)c(F)c2F)CC1. The van der Waals surface area contributed by atoms with E-state index in [0.29, 0.717) is 24.7 Å². The van der Waals surface area contributed by atoms with Gasteiger partial charge in [0.2, 0.25) is 0 Å². The van der Waals surface area contributed by atoms with Crippen LogP contribution in [0.5, 0.6) is 0 Å². The Hall–Kier alpha value is -3.07. The molecule has 9 heteroatoms. The molecule has 0 atom stereocenters. The number of nitriles is 2. The highest BCUT2D eigenvalue weighted by Gasteiger charge is 2.32. The molecule has 0 N–H and O–H groups in total. The van der Waals surface area contributed by atoms with E-state index in [9.17, 15) is 30.7 Å². The highest BCUT2D eigenvalue weighted by molar-refractivity contribution is 5.39. The molecule has 2 fully saturated rings. The molecule has 0 radical (unpaired) electrons. The second kappa shape index (κ2) is 17.6. The lowest BCUT2D eigenvalue weighted by Gasteiger charge is -2.29. The van der Waals surface area contributed by atoms with E-state index in [4.69, 9.17) is 10.5 Å². The quantitative estimate of drug-likeness (QED) is 0.148. The van der Waals surface area contributed by atoms with Crippen LogP contribution in [0.3, 0.4) is 0 Å². The van der Waals surface area contributed by atoms with Crippen molar-refractivity contribution in [3.05, 3.63) is 69.0 Å². The zero-order chi connectivity index (χ0) is 33.1. The fourth-order valence-corrected chi connectivity index (χ4v) is 6.99. The summed E-state index contributed by atoms with van der Waals surface area (Å²) >= 11 is 0. The van der Waals surface area contributed by atoms with Crippen molar-refractivity contribution in [3.63, 3.8) is 0 Å². The van der Waals surface area contributed by atoms with Gasteiger partial charge in [-0.15, -0.1) is 0 Å². The lowest BCUT2D eigenvalue weighted by molar-refractivity contribution is 0.290. The molecule has 4 rings (SSSR count). The van der Waals surface area contributed by atoms with E-state index in [-0.39, 0.29) is 11.5 Å². The number of hydrogen-bond donors (Lipinski definition) is 0. The number of halogens is 7. The molecule has 0 saturated heterocycles. The lowest BCUT2D eigenvalue weighted by atomic mass is 9.76. The van der Waals surface area contributed by atoms with E-state index < -0.39 is 63.3 Å². The van der Waals surface area contributed by atoms with E-state index in [1.54, 1.807) is 0 Å². The predicted octanol–water partition coefficient (Wildman–Crippen LogP) is 11.8. The van der Waals surface area contributed by atoms with Crippen LogP contribution in [0.4, 0.5) is 30.7 Å². The minimum absolute atomic E-state index is 0.0982. The molecule has 0 unspecified atom stereocenters. The second-order valence-electron chi connectivity index (χ2n) is 12.6. The van der Waals surface area contributed by atoms with Gasteiger partial charge in [-0.05, 0) is 86.7 Å². The molecule has 2 aromatic carbocycles. The van der Waals surface area contributed by atoms with E-state index in [1.165, 1.54) is 44.2 Å². The topological polar surface area (TPSA) is 47.6 Å². The first-order valence-electron chi connectivity index (χ1n) is 16.4. The first kappa shape index (κ1) is 36.4. The summed E-state index contributed by atoms with van der Waals surface area (Å²) in [5.74, 6) is -8.80. The minimum atomic E-state index is -1.58.